The average molecular weight is 349 g/mol. The van der Waals surface area contributed by atoms with Crippen LogP contribution in [0.15, 0.2) is 71.2 Å². The highest BCUT2D eigenvalue weighted by molar-refractivity contribution is 5.73. The van der Waals surface area contributed by atoms with Gasteiger partial charge in [0.15, 0.2) is 0 Å². The molecule has 0 saturated heterocycles. The van der Waals surface area contributed by atoms with Crippen molar-refractivity contribution in [3.05, 3.63) is 71.0 Å². The van der Waals surface area contributed by atoms with Gasteiger partial charge in [-0.15, -0.1) is 0 Å². The Morgan fingerprint density at radius 3 is 2.15 bits per heavy atom. The first-order chi connectivity index (χ1) is 12.7. The largest absolute Gasteiger partial charge is 0.367 e. The lowest BCUT2D eigenvalue weighted by atomic mass is 10.3. The number of aromatic nitrogens is 2. The van der Waals surface area contributed by atoms with Crippen molar-refractivity contribution in [1.82, 2.24) is 9.97 Å². The van der Waals surface area contributed by atoms with Crippen molar-refractivity contribution in [3.8, 4) is 0 Å². The third-order valence-corrected chi connectivity index (χ3v) is 3.41. The third kappa shape index (κ3) is 3.96. The molecule has 1 aromatic heterocycles. The number of hydrogen-bond acceptors (Lipinski definition) is 8. The minimum Gasteiger partial charge on any atom is -0.367 e. The molecule has 0 radical (unpaired) electrons. The monoisotopic (exact) mass is 349 g/mol. The first kappa shape index (κ1) is 17.0. The maximum absolute atomic E-state index is 11.3. The van der Waals surface area contributed by atoms with Crippen LogP contribution < -0.4 is 10.6 Å². The average Bonchev–Trinajstić information content (AvgIpc) is 2.68. The maximum Gasteiger partial charge on any atom is 0.353 e. The first-order valence-electron chi connectivity index (χ1n) is 7.68. The van der Waals surface area contributed by atoms with E-state index in [2.05, 4.69) is 30.8 Å². The van der Waals surface area contributed by atoms with E-state index in [1.807, 2.05) is 30.3 Å². The SMILES string of the molecule is CNc1ncnc(Nc2ccc(N=Nc3ccccc3)cc2)c1[N+](=O)[O-]. The Hall–Kier alpha value is -3.88. The lowest BCUT2D eigenvalue weighted by Crippen LogP contribution is -2.05. The molecule has 130 valence electrons. The molecule has 0 aliphatic heterocycles. The molecule has 0 atom stereocenters. The van der Waals surface area contributed by atoms with E-state index in [1.165, 1.54) is 6.33 Å². The van der Waals surface area contributed by atoms with Crippen LogP contribution in [0.1, 0.15) is 0 Å². The van der Waals surface area contributed by atoms with Crippen LogP contribution >= 0.6 is 0 Å². The summed E-state index contributed by atoms with van der Waals surface area (Å²) in [6.45, 7) is 0. The van der Waals surface area contributed by atoms with Gasteiger partial charge in [0.05, 0.1) is 16.3 Å². The second-order valence-corrected chi connectivity index (χ2v) is 5.13. The molecular weight excluding hydrogens is 334 g/mol. The van der Waals surface area contributed by atoms with Crippen molar-refractivity contribution in [2.45, 2.75) is 0 Å². The zero-order valence-corrected chi connectivity index (χ0v) is 13.8. The highest BCUT2D eigenvalue weighted by atomic mass is 16.6. The molecule has 3 aromatic rings. The fourth-order valence-electron chi connectivity index (χ4n) is 2.18. The molecule has 9 heteroatoms. The van der Waals surface area contributed by atoms with Gasteiger partial charge in [0.1, 0.15) is 6.33 Å². The lowest BCUT2D eigenvalue weighted by molar-refractivity contribution is -0.383. The highest BCUT2D eigenvalue weighted by Crippen LogP contribution is 2.31. The third-order valence-electron chi connectivity index (χ3n) is 3.41. The van der Waals surface area contributed by atoms with E-state index < -0.39 is 4.92 Å². The highest BCUT2D eigenvalue weighted by Gasteiger charge is 2.22. The van der Waals surface area contributed by atoms with Crippen LogP contribution in [-0.4, -0.2) is 21.9 Å². The molecule has 0 aliphatic rings. The van der Waals surface area contributed by atoms with E-state index in [-0.39, 0.29) is 17.3 Å². The molecule has 0 aliphatic carbocycles. The van der Waals surface area contributed by atoms with Crippen LogP contribution in [0.25, 0.3) is 0 Å². The summed E-state index contributed by atoms with van der Waals surface area (Å²) >= 11 is 0. The predicted octanol–water partition coefficient (Wildman–Crippen LogP) is 4.59. The molecule has 26 heavy (non-hydrogen) atoms. The summed E-state index contributed by atoms with van der Waals surface area (Å²) in [6.07, 6.45) is 1.25. The van der Waals surface area contributed by atoms with Crippen LogP contribution in [-0.2, 0) is 0 Å². The summed E-state index contributed by atoms with van der Waals surface area (Å²) < 4.78 is 0. The Morgan fingerprint density at radius 2 is 1.54 bits per heavy atom. The molecule has 2 N–H and O–H groups in total. The summed E-state index contributed by atoms with van der Waals surface area (Å²) in [4.78, 5) is 18.6. The van der Waals surface area contributed by atoms with Gasteiger partial charge in [-0.1, -0.05) is 18.2 Å². The summed E-state index contributed by atoms with van der Waals surface area (Å²) in [6, 6.07) is 16.4. The van der Waals surface area contributed by atoms with Gasteiger partial charge in [0.2, 0.25) is 11.6 Å². The molecule has 0 amide bonds. The molecule has 1 heterocycles. The minimum absolute atomic E-state index is 0.105. The molecule has 3 rings (SSSR count). The van der Waals surface area contributed by atoms with E-state index >= 15 is 0 Å². The van der Waals surface area contributed by atoms with Crippen LogP contribution in [0.5, 0.6) is 0 Å². The number of rotatable bonds is 6. The van der Waals surface area contributed by atoms with Crippen molar-refractivity contribution >= 4 is 34.4 Å². The fourth-order valence-corrected chi connectivity index (χ4v) is 2.18. The van der Waals surface area contributed by atoms with Crippen molar-refractivity contribution in [2.24, 2.45) is 10.2 Å². The Labute approximate surface area is 149 Å². The Bertz CT molecular complexity index is 928. The molecule has 9 nitrogen and oxygen atoms in total. The quantitative estimate of drug-likeness (QED) is 0.382. The van der Waals surface area contributed by atoms with Gasteiger partial charge in [-0.3, -0.25) is 10.1 Å². The normalized spacial score (nSPS) is 10.7. The standard InChI is InChI=1S/C17H15N7O2/c1-18-16-15(24(25)26)17(20-11-19-16)21-12-7-9-14(10-8-12)23-22-13-5-3-2-4-6-13/h2-11H,1H3,(H2,18,19,20,21). The van der Waals surface area contributed by atoms with E-state index in [9.17, 15) is 10.1 Å². The number of hydrogen-bond donors (Lipinski definition) is 2. The van der Waals surface area contributed by atoms with Crippen molar-refractivity contribution in [2.75, 3.05) is 17.7 Å². The number of nitrogens with one attached hydrogen (secondary N) is 2. The maximum atomic E-state index is 11.3. The molecule has 0 spiro atoms. The van der Waals surface area contributed by atoms with Gasteiger partial charge in [-0.05, 0) is 36.4 Å². The molecule has 0 unspecified atom stereocenters. The Morgan fingerprint density at radius 1 is 0.923 bits per heavy atom. The lowest BCUT2D eigenvalue weighted by Gasteiger charge is -2.08. The zero-order valence-electron chi connectivity index (χ0n) is 13.8. The van der Waals surface area contributed by atoms with Crippen LogP contribution in [0.4, 0.5) is 34.4 Å². The summed E-state index contributed by atoms with van der Waals surface area (Å²) in [5.74, 6) is 0.244. The number of nitro groups is 1. The van der Waals surface area contributed by atoms with Crippen LogP contribution in [0.3, 0.4) is 0 Å². The van der Waals surface area contributed by atoms with Gasteiger partial charge in [-0.2, -0.15) is 10.2 Å². The van der Waals surface area contributed by atoms with Crippen molar-refractivity contribution in [1.29, 1.82) is 0 Å². The Balaban J connectivity index is 1.78. The predicted molar refractivity (Wildman–Crippen MR) is 98.6 cm³/mol. The van der Waals surface area contributed by atoms with E-state index in [0.717, 1.165) is 5.69 Å². The number of anilines is 3. The second kappa shape index (κ2) is 7.79. The zero-order chi connectivity index (χ0) is 18.4. The smallest absolute Gasteiger partial charge is 0.353 e. The van der Waals surface area contributed by atoms with Gasteiger partial charge in [0, 0.05) is 12.7 Å². The van der Waals surface area contributed by atoms with E-state index in [0.29, 0.717) is 11.4 Å². The summed E-state index contributed by atoms with van der Waals surface area (Å²) in [5, 5.41) is 25.2. The van der Waals surface area contributed by atoms with Gasteiger partial charge in [-0.25, -0.2) is 9.97 Å². The molecule has 0 bridgehead atoms. The molecular formula is C17H15N7O2. The second-order valence-electron chi connectivity index (χ2n) is 5.13. The fraction of sp³-hybridized carbons (Fsp3) is 0.0588. The van der Waals surface area contributed by atoms with Crippen LogP contribution in [0, 0.1) is 10.1 Å². The molecule has 0 saturated carbocycles. The topological polar surface area (TPSA) is 118 Å². The van der Waals surface area contributed by atoms with Gasteiger partial charge >= 0.3 is 5.69 Å². The number of benzene rings is 2. The van der Waals surface area contributed by atoms with Gasteiger partial charge < -0.3 is 10.6 Å². The summed E-state index contributed by atoms with van der Waals surface area (Å²) in [5.41, 5.74) is 1.83. The minimum atomic E-state index is -0.531. The molecule has 0 fully saturated rings. The van der Waals surface area contributed by atoms with Crippen molar-refractivity contribution in [3.63, 3.8) is 0 Å². The Kier molecular flexibility index (Phi) is 5.08. The molecule has 2 aromatic carbocycles. The number of azo groups is 1. The first-order valence-corrected chi connectivity index (χ1v) is 7.68. The van der Waals surface area contributed by atoms with Gasteiger partial charge in [0.25, 0.3) is 0 Å². The van der Waals surface area contributed by atoms with E-state index in [4.69, 9.17) is 0 Å². The van der Waals surface area contributed by atoms with Crippen molar-refractivity contribution < 1.29 is 4.92 Å². The summed E-state index contributed by atoms with van der Waals surface area (Å²) in [7, 11) is 1.56. The van der Waals surface area contributed by atoms with Crippen LogP contribution in [0.2, 0.25) is 0 Å². The van der Waals surface area contributed by atoms with E-state index in [1.54, 1.807) is 31.3 Å². The number of nitrogens with zero attached hydrogens (tertiary/aromatic N) is 5.